The van der Waals surface area contributed by atoms with E-state index in [9.17, 15) is 4.39 Å². The first kappa shape index (κ1) is 15.0. The van der Waals surface area contributed by atoms with Crippen molar-refractivity contribution in [1.29, 1.82) is 0 Å². The van der Waals surface area contributed by atoms with Gasteiger partial charge in [0, 0.05) is 18.2 Å². The number of halogens is 1. The Kier molecular flexibility index (Phi) is 3.63. The first-order valence-corrected chi connectivity index (χ1v) is 7.66. The number of hydrogen-bond acceptors (Lipinski definition) is 3. The quantitative estimate of drug-likeness (QED) is 0.864. The zero-order chi connectivity index (χ0) is 15.3. The van der Waals surface area contributed by atoms with Crippen molar-refractivity contribution in [3.63, 3.8) is 0 Å². The highest BCUT2D eigenvalue weighted by Gasteiger charge is 2.52. The Morgan fingerprint density at radius 1 is 1.19 bits per heavy atom. The largest absolute Gasteiger partial charge is 0.495 e. The van der Waals surface area contributed by atoms with E-state index in [2.05, 4.69) is 5.32 Å². The van der Waals surface area contributed by atoms with Gasteiger partial charge in [0.1, 0.15) is 5.82 Å². The number of nitrogens with one attached hydrogen (secondary N) is 1. The maximum atomic E-state index is 14.2. The van der Waals surface area contributed by atoms with Crippen LogP contribution in [0.5, 0.6) is 0 Å². The molecule has 1 aromatic carbocycles. The van der Waals surface area contributed by atoms with E-state index < -0.39 is 18.3 Å². The van der Waals surface area contributed by atoms with Gasteiger partial charge in [0.25, 0.3) is 0 Å². The minimum atomic E-state index is -0.512. The summed E-state index contributed by atoms with van der Waals surface area (Å²) in [5.41, 5.74) is 0.626. The fraction of sp³-hybridized carbons (Fsp3) is 0.625. The summed E-state index contributed by atoms with van der Waals surface area (Å²) in [6.07, 6.45) is 2.36. The van der Waals surface area contributed by atoms with E-state index in [1.807, 2.05) is 33.8 Å². The standard InChI is InChI=1S/C16H23BFNO2/c1-15(2)16(3,4)21-17(20-15)13-6-5-7-14(18)12(13)10-19-11-8-9-11/h5-7,11,19H,8-10H2,1-4H3. The van der Waals surface area contributed by atoms with Crippen LogP contribution in [0.25, 0.3) is 0 Å². The summed E-state index contributed by atoms with van der Waals surface area (Å²) < 4.78 is 26.3. The first-order valence-electron chi connectivity index (χ1n) is 7.66. The van der Waals surface area contributed by atoms with Gasteiger partial charge in [0.15, 0.2) is 0 Å². The molecule has 2 fully saturated rings. The molecule has 1 saturated carbocycles. The lowest BCUT2D eigenvalue weighted by molar-refractivity contribution is 0.00578. The van der Waals surface area contributed by atoms with Crippen molar-refractivity contribution in [3.05, 3.63) is 29.6 Å². The Bertz CT molecular complexity index is 527. The molecule has 0 aromatic heterocycles. The van der Waals surface area contributed by atoms with Gasteiger partial charge in [-0.1, -0.05) is 12.1 Å². The molecule has 5 heteroatoms. The highest BCUT2D eigenvalue weighted by atomic mass is 19.1. The van der Waals surface area contributed by atoms with E-state index in [1.165, 1.54) is 18.9 Å². The monoisotopic (exact) mass is 291 g/mol. The molecule has 3 nitrogen and oxygen atoms in total. The van der Waals surface area contributed by atoms with Crippen LogP contribution in [0.2, 0.25) is 0 Å². The number of hydrogen-bond donors (Lipinski definition) is 1. The molecular formula is C16H23BFNO2. The summed E-state index contributed by atoms with van der Waals surface area (Å²) in [6.45, 7) is 8.56. The van der Waals surface area contributed by atoms with Crippen molar-refractivity contribution in [2.45, 2.75) is 64.3 Å². The second-order valence-corrected chi connectivity index (χ2v) is 7.05. The lowest BCUT2D eigenvalue weighted by Gasteiger charge is -2.32. The predicted molar refractivity (Wildman–Crippen MR) is 82.0 cm³/mol. The molecular weight excluding hydrogens is 268 g/mol. The summed E-state index contributed by atoms with van der Waals surface area (Å²) in [5, 5.41) is 3.37. The fourth-order valence-electron chi connectivity index (χ4n) is 2.49. The molecule has 1 saturated heterocycles. The molecule has 1 heterocycles. The van der Waals surface area contributed by atoms with E-state index in [0.29, 0.717) is 18.2 Å². The van der Waals surface area contributed by atoms with Crippen molar-refractivity contribution < 1.29 is 13.7 Å². The van der Waals surface area contributed by atoms with Gasteiger partial charge >= 0.3 is 7.12 Å². The van der Waals surface area contributed by atoms with Gasteiger partial charge in [-0.25, -0.2) is 4.39 Å². The van der Waals surface area contributed by atoms with Gasteiger partial charge in [-0.3, -0.25) is 0 Å². The minimum Gasteiger partial charge on any atom is -0.399 e. The highest BCUT2D eigenvalue weighted by molar-refractivity contribution is 6.62. The molecule has 1 aromatic rings. The molecule has 0 atom stereocenters. The first-order chi connectivity index (χ1) is 9.80. The smallest absolute Gasteiger partial charge is 0.399 e. The van der Waals surface area contributed by atoms with Gasteiger partial charge in [-0.05, 0) is 52.1 Å². The van der Waals surface area contributed by atoms with Gasteiger partial charge in [0.2, 0.25) is 0 Å². The maximum Gasteiger partial charge on any atom is 0.495 e. The molecule has 0 amide bonds. The van der Waals surface area contributed by atoms with E-state index in [0.717, 1.165) is 5.46 Å². The van der Waals surface area contributed by atoms with Crippen molar-refractivity contribution in [3.8, 4) is 0 Å². The molecule has 2 aliphatic rings. The summed E-state index contributed by atoms with van der Waals surface area (Å²) in [5.74, 6) is -0.199. The molecule has 0 spiro atoms. The van der Waals surface area contributed by atoms with Crippen LogP contribution in [0.3, 0.4) is 0 Å². The van der Waals surface area contributed by atoms with Crippen LogP contribution in [-0.4, -0.2) is 24.4 Å². The van der Waals surface area contributed by atoms with E-state index >= 15 is 0 Å². The van der Waals surface area contributed by atoms with Crippen LogP contribution in [0.15, 0.2) is 18.2 Å². The topological polar surface area (TPSA) is 30.5 Å². The lowest BCUT2D eigenvalue weighted by Crippen LogP contribution is -2.41. The van der Waals surface area contributed by atoms with Crippen LogP contribution >= 0.6 is 0 Å². The van der Waals surface area contributed by atoms with Gasteiger partial charge in [0.05, 0.1) is 11.2 Å². The van der Waals surface area contributed by atoms with Crippen molar-refractivity contribution >= 4 is 12.6 Å². The van der Waals surface area contributed by atoms with Crippen LogP contribution in [-0.2, 0) is 15.9 Å². The second kappa shape index (κ2) is 5.08. The van der Waals surface area contributed by atoms with Crippen LogP contribution in [0.4, 0.5) is 4.39 Å². The average Bonchev–Trinajstić information content (AvgIpc) is 3.16. The Balaban J connectivity index is 1.86. The summed E-state index contributed by atoms with van der Waals surface area (Å²) in [7, 11) is -0.512. The predicted octanol–water partition coefficient (Wildman–Crippen LogP) is 2.38. The molecule has 0 bridgehead atoms. The normalized spacial score (nSPS) is 23.6. The summed E-state index contributed by atoms with van der Waals surface area (Å²) >= 11 is 0. The zero-order valence-electron chi connectivity index (χ0n) is 13.2. The zero-order valence-corrected chi connectivity index (χ0v) is 13.2. The van der Waals surface area contributed by atoms with Gasteiger partial charge in [-0.2, -0.15) is 0 Å². The maximum absolute atomic E-state index is 14.2. The lowest BCUT2D eigenvalue weighted by atomic mass is 9.75. The highest BCUT2D eigenvalue weighted by Crippen LogP contribution is 2.36. The molecule has 0 unspecified atom stereocenters. The van der Waals surface area contributed by atoms with Crippen molar-refractivity contribution in [2.75, 3.05) is 0 Å². The summed E-state index contributed by atoms with van der Waals surface area (Å²) in [6, 6.07) is 5.65. The van der Waals surface area contributed by atoms with Gasteiger partial charge in [-0.15, -0.1) is 0 Å². The Morgan fingerprint density at radius 2 is 1.81 bits per heavy atom. The Labute approximate surface area is 126 Å². The molecule has 1 aliphatic carbocycles. The molecule has 0 radical (unpaired) electrons. The third-order valence-corrected chi connectivity index (χ3v) is 4.81. The van der Waals surface area contributed by atoms with Crippen molar-refractivity contribution in [2.24, 2.45) is 0 Å². The third kappa shape index (κ3) is 2.87. The second-order valence-electron chi connectivity index (χ2n) is 7.05. The molecule has 3 rings (SSSR count). The average molecular weight is 291 g/mol. The third-order valence-electron chi connectivity index (χ3n) is 4.81. The SMILES string of the molecule is CC1(C)OB(c2cccc(F)c2CNC2CC2)OC1(C)C. The minimum absolute atomic E-state index is 0.199. The van der Waals surface area contributed by atoms with E-state index in [-0.39, 0.29) is 5.82 Å². The van der Waals surface area contributed by atoms with Crippen molar-refractivity contribution in [1.82, 2.24) is 5.32 Å². The molecule has 21 heavy (non-hydrogen) atoms. The molecule has 1 N–H and O–H groups in total. The van der Waals surface area contributed by atoms with Crippen LogP contribution in [0.1, 0.15) is 46.1 Å². The number of rotatable bonds is 4. The molecule has 114 valence electrons. The molecule has 1 aliphatic heterocycles. The fourth-order valence-corrected chi connectivity index (χ4v) is 2.49. The van der Waals surface area contributed by atoms with E-state index in [1.54, 1.807) is 6.07 Å². The Hall–Kier alpha value is -0.905. The summed E-state index contributed by atoms with van der Waals surface area (Å²) in [4.78, 5) is 0. The van der Waals surface area contributed by atoms with E-state index in [4.69, 9.17) is 9.31 Å². The number of benzene rings is 1. The van der Waals surface area contributed by atoms with Gasteiger partial charge < -0.3 is 14.6 Å². The van der Waals surface area contributed by atoms with Crippen LogP contribution in [0, 0.1) is 5.82 Å². The Morgan fingerprint density at radius 3 is 2.38 bits per heavy atom. The van der Waals surface area contributed by atoms with Crippen LogP contribution < -0.4 is 10.8 Å².